The van der Waals surface area contributed by atoms with Gasteiger partial charge < -0.3 is 9.84 Å². The van der Waals surface area contributed by atoms with E-state index in [1.54, 1.807) is 13.8 Å². The normalized spacial score (nSPS) is 32.1. The fraction of sp³-hybridized carbons (Fsp3) is 0.462. The molecule has 0 saturated carbocycles. The van der Waals surface area contributed by atoms with E-state index >= 15 is 0 Å². The molecule has 4 heteroatoms. The first-order chi connectivity index (χ1) is 7.93. The van der Waals surface area contributed by atoms with E-state index in [9.17, 15) is 9.90 Å². The van der Waals surface area contributed by atoms with Crippen LogP contribution in [0.15, 0.2) is 30.3 Å². The molecule has 1 fully saturated rings. The summed E-state index contributed by atoms with van der Waals surface area (Å²) in [5.41, 5.74) is -1.05. The molecular weight excluding hydrogens is 218 g/mol. The van der Waals surface area contributed by atoms with Crippen molar-refractivity contribution in [2.45, 2.75) is 38.0 Å². The van der Waals surface area contributed by atoms with Crippen molar-refractivity contribution in [1.29, 1.82) is 0 Å². The number of rotatable bonds is 3. The van der Waals surface area contributed by atoms with Gasteiger partial charge in [-0.2, -0.15) is 0 Å². The molecule has 4 nitrogen and oxygen atoms in total. The minimum atomic E-state index is -1.32. The number of hydrogen-bond acceptors (Lipinski definition) is 3. The molecule has 1 aliphatic heterocycles. The van der Waals surface area contributed by atoms with Gasteiger partial charge in [-0.1, -0.05) is 30.3 Å². The molecule has 0 aromatic heterocycles. The van der Waals surface area contributed by atoms with Crippen molar-refractivity contribution in [2.24, 2.45) is 0 Å². The van der Waals surface area contributed by atoms with Gasteiger partial charge in [0.15, 0.2) is 11.3 Å². The summed E-state index contributed by atoms with van der Waals surface area (Å²) in [6, 6.07) is 9.92. The summed E-state index contributed by atoms with van der Waals surface area (Å²) in [4.78, 5) is 11.2. The van der Waals surface area contributed by atoms with Gasteiger partial charge in [0.25, 0.3) is 0 Å². The van der Waals surface area contributed by atoms with Crippen molar-refractivity contribution >= 4 is 6.09 Å². The van der Waals surface area contributed by atoms with Crippen LogP contribution in [-0.2, 0) is 11.2 Å². The van der Waals surface area contributed by atoms with E-state index < -0.39 is 17.4 Å². The van der Waals surface area contributed by atoms with Crippen molar-refractivity contribution < 1.29 is 14.6 Å². The Morgan fingerprint density at radius 3 is 2.47 bits per heavy atom. The van der Waals surface area contributed by atoms with E-state index in [2.05, 4.69) is 5.32 Å². The zero-order chi connectivity index (χ0) is 12.5. The summed E-state index contributed by atoms with van der Waals surface area (Å²) in [5.74, 6) is 0. The minimum absolute atomic E-state index is 0.564. The number of hydrogen-bond donors (Lipinski definition) is 2. The van der Waals surface area contributed by atoms with Crippen LogP contribution in [-0.4, -0.2) is 22.5 Å². The Morgan fingerprint density at radius 2 is 1.94 bits per heavy atom. The zero-order valence-electron chi connectivity index (χ0n) is 10.1. The SMILES string of the molecule is CC1(O)NC(=O)OC1(C)CCc1ccccc1. The predicted molar refractivity (Wildman–Crippen MR) is 63.4 cm³/mol. The van der Waals surface area contributed by atoms with Gasteiger partial charge in [0.05, 0.1) is 0 Å². The second-order valence-corrected chi connectivity index (χ2v) is 4.80. The van der Waals surface area contributed by atoms with E-state index in [0.717, 1.165) is 12.0 Å². The Labute approximate surface area is 101 Å². The number of amides is 1. The molecule has 2 N–H and O–H groups in total. The van der Waals surface area contributed by atoms with Crippen molar-refractivity contribution in [3.63, 3.8) is 0 Å². The molecule has 0 radical (unpaired) electrons. The first kappa shape index (κ1) is 11.9. The first-order valence-electron chi connectivity index (χ1n) is 5.70. The zero-order valence-corrected chi connectivity index (χ0v) is 10.1. The lowest BCUT2D eigenvalue weighted by Crippen LogP contribution is -2.53. The fourth-order valence-corrected chi connectivity index (χ4v) is 1.98. The fourth-order valence-electron chi connectivity index (χ4n) is 1.98. The highest BCUT2D eigenvalue weighted by atomic mass is 16.6. The summed E-state index contributed by atoms with van der Waals surface area (Å²) in [7, 11) is 0. The predicted octanol–water partition coefficient (Wildman–Crippen LogP) is 1.83. The van der Waals surface area contributed by atoms with Gasteiger partial charge in [0.2, 0.25) is 0 Å². The highest BCUT2D eigenvalue weighted by Crippen LogP contribution is 2.33. The molecule has 2 unspecified atom stereocenters. The average molecular weight is 235 g/mol. The van der Waals surface area contributed by atoms with Gasteiger partial charge in [-0.25, -0.2) is 4.79 Å². The van der Waals surface area contributed by atoms with Crippen molar-refractivity contribution in [2.75, 3.05) is 0 Å². The van der Waals surface area contributed by atoms with Crippen LogP contribution in [0.3, 0.4) is 0 Å². The number of nitrogens with one attached hydrogen (secondary N) is 1. The number of carbonyl (C=O) groups excluding carboxylic acids is 1. The van der Waals surface area contributed by atoms with Gasteiger partial charge in [-0.15, -0.1) is 0 Å². The van der Waals surface area contributed by atoms with Crippen LogP contribution in [0, 0.1) is 0 Å². The van der Waals surface area contributed by atoms with E-state index in [4.69, 9.17) is 4.74 Å². The Bertz CT molecular complexity index is 416. The summed E-state index contributed by atoms with van der Waals surface area (Å²) >= 11 is 0. The molecule has 1 aliphatic rings. The molecule has 1 saturated heterocycles. The molecule has 1 aromatic carbocycles. The van der Waals surface area contributed by atoms with Gasteiger partial charge in [0.1, 0.15) is 0 Å². The number of ether oxygens (including phenoxy) is 1. The minimum Gasteiger partial charge on any atom is -0.438 e. The molecule has 0 bridgehead atoms. The first-order valence-corrected chi connectivity index (χ1v) is 5.70. The maximum atomic E-state index is 11.2. The van der Waals surface area contributed by atoms with Crippen LogP contribution in [0.5, 0.6) is 0 Å². The second kappa shape index (κ2) is 4.04. The Balaban J connectivity index is 2.06. The molecule has 1 amide bonds. The Kier molecular flexibility index (Phi) is 2.83. The molecule has 2 rings (SSSR count). The van der Waals surface area contributed by atoms with E-state index in [1.807, 2.05) is 30.3 Å². The number of aliphatic hydroxyl groups is 1. The second-order valence-electron chi connectivity index (χ2n) is 4.80. The van der Waals surface area contributed by atoms with Crippen molar-refractivity contribution in [3.05, 3.63) is 35.9 Å². The van der Waals surface area contributed by atoms with Crippen LogP contribution in [0.4, 0.5) is 4.79 Å². The highest BCUT2D eigenvalue weighted by Gasteiger charge is 2.53. The lowest BCUT2D eigenvalue weighted by Gasteiger charge is -2.32. The van der Waals surface area contributed by atoms with E-state index in [1.165, 1.54) is 0 Å². The Morgan fingerprint density at radius 1 is 1.29 bits per heavy atom. The average Bonchev–Trinajstić information content (AvgIpc) is 2.46. The van der Waals surface area contributed by atoms with E-state index in [0.29, 0.717) is 6.42 Å². The maximum absolute atomic E-state index is 11.2. The molecule has 17 heavy (non-hydrogen) atoms. The third-order valence-corrected chi connectivity index (χ3v) is 3.43. The van der Waals surface area contributed by atoms with Crippen LogP contribution >= 0.6 is 0 Å². The summed E-state index contributed by atoms with van der Waals surface area (Å²) in [6.07, 6.45) is 0.760. The molecule has 1 aromatic rings. The van der Waals surface area contributed by atoms with Crippen molar-refractivity contribution in [3.8, 4) is 0 Å². The number of aryl methyl sites for hydroxylation is 1. The molecule has 0 spiro atoms. The Hall–Kier alpha value is -1.55. The standard InChI is InChI=1S/C13H17NO3/c1-12(13(2,16)14-11(15)17-12)9-8-10-6-4-3-5-7-10/h3-7,16H,8-9H2,1-2H3,(H,14,15). The van der Waals surface area contributed by atoms with E-state index in [-0.39, 0.29) is 0 Å². The van der Waals surface area contributed by atoms with Crippen LogP contribution in [0.25, 0.3) is 0 Å². The smallest absolute Gasteiger partial charge is 0.410 e. The largest absolute Gasteiger partial charge is 0.438 e. The van der Waals surface area contributed by atoms with Gasteiger partial charge in [-0.05, 0) is 32.3 Å². The highest BCUT2D eigenvalue weighted by molar-refractivity contribution is 5.71. The maximum Gasteiger partial charge on any atom is 0.410 e. The summed E-state index contributed by atoms with van der Waals surface area (Å²) in [5, 5.41) is 12.5. The third kappa shape index (κ3) is 2.26. The number of cyclic esters (lactones) is 1. The summed E-state index contributed by atoms with van der Waals surface area (Å²) < 4.78 is 5.19. The van der Waals surface area contributed by atoms with Crippen LogP contribution in [0.2, 0.25) is 0 Å². The molecule has 92 valence electrons. The van der Waals surface area contributed by atoms with Gasteiger partial charge in [0, 0.05) is 0 Å². The number of alkyl carbamates (subject to hydrolysis) is 1. The van der Waals surface area contributed by atoms with Crippen LogP contribution < -0.4 is 5.32 Å². The van der Waals surface area contributed by atoms with Gasteiger partial charge in [-0.3, -0.25) is 5.32 Å². The quantitative estimate of drug-likeness (QED) is 0.840. The van der Waals surface area contributed by atoms with Crippen molar-refractivity contribution in [1.82, 2.24) is 5.32 Å². The lowest BCUT2D eigenvalue weighted by molar-refractivity contribution is -0.0976. The number of benzene rings is 1. The lowest BCUT2D eigenvalue weighted by atomic mass is 9.88. The molecular formula is C13H17NO3. The molecule has 1 heterocycles. The van der Waals surface area contributed by atoms with Crippen LogP contribution in [0.1, 0.15) is 25.8 Å². The molecule has 2 atom stereocenters. The summed E-state index contributed by atoms with van der Waals surface area (Å²) in [6.45, 7) is 3.30. The topological polar surface area (TPSA) is 58.6 Å². The number of carbonyl (C=O) groups is 1. The third-order valence-electron chi connectivity index (χ3n) is 3.43. The molecule has 0 aliphatic carbocycles. The monoisotopic (exact) mass is 235 g/mol. The van der Waals surface area contributed by atoms with Gasteiger partial charge >= 0.3 is 6.09 Å².